The van der Waals surface area contributed by atoms with Gasteiger partial charge in [0.1, 0.15) is 6.10 Å². The molecule has 1 rings (SSSR count). The zero-order valence-corrected chi connectivity index (χ0v) is 11.3. The van der Waals surface area contributed by atoms with E-state index in [1.807, 2.05) is 0 Å². The average Bonchev–Trinajstić information content (AvgIpc) is 2.36. The van der Waals surface area contributed by atoms with Gasteiger partial charge in [-0.05, 0) is 24.1 Å². The molecule has 0 bridgehead atoms. The van der Waals surface area contributed by atoms with Crippen molar-refractivity contribution in [2.45, 2.75) is 19.1 Å². The van der Waals surface area contributed by atoms with Crippen LogP contribution in [0.25, 0.3) is 0 Å². The Morgan fingerprint density at radius 2 is 2.12 bits per heavy atom. The largest absolute Gasteiger partial charge is 0.465 e. The molecular weight excluding hydrogens is 288 g/mol. The third kappa shape index (κ3) is 3.28. The Morgan fingerprint density at radius 3 is 2.65 bits per heavy atom. The number of benzene rings is 1. The molecule has 0 heterocycles. The Kier molecular flexibility index (Phi) is 5.11. The van der Waals surface area contributed by atoms with Gasteiger partial charge in [0.25, 0.3) is 0 Å². The van der Waals surface area contributed by atoms with Gasteiger partial charge in [-0.3, -0.25) is 0 Å². The zero-order valence-electron chi connectivity index (χ0n) is 9.68. The highest BCUT2D eigenvalue weighted by Crippen LogP contribution is 2.21. The SMILES string of the molecule is COC(=O)c1cc(C(O)C(O)CBr)ccc1C. The molecule has 17 heavy (non-hydrogen) atoms. The van der Waals surface area contributed by atoms with E-state index >= 15 is 0 Å². The third-order valence-electron chi connectivity index (χ3n) is 2.53. The van der Waals surface area contributed by atoms with Crippen LogP contribution in [0.2, 0.25) is 0 Å². The third-order valence-corrected chi connectivity index (χ3v) is 3.19. The van der Waals surface area contributed by atoms with Crippen LogP contribution < -0.4 is 0 Å². The molecule has 0 amide bonds. The van der Waals surface area contributed by atoms with E-state index in [4.69, 9.17) is 0 Å². The monoisotopic (exact) mass is 302 g/mol. The van der Waals surface area contributed by atoms with Gasteiger partial charge >= 0.3 is 5.97 Å². The second kappa shape index (κ2) is 6.14. The molecule has 0 aliphatic carbocycles. The van der Waals surface area contributed by atoms with Crippen molar-refractivity contribution in [3.63, 3.8) is 0 Å². The number of methoxy groups -OCH3 is 1. The fourth-order valence-corrected chi connectivity index (χ4v) is 1.81. The zero-order chi connectivity index (χ0) is 13.0. The predicted molar refractivity (Wildman–Crippen MR) is 67.3 cm³/mol. The summed E-state index contributed by atoms with van der Waals surface area (Å²) in [6, 6.07) is 4.93. The van der Waals surface area contributed by atoms with Crippen LogP contribution in [0, 0.1) is 6.92 Å². The molecule has 0 aromatic heterocycles. The van der Waals surface area contributed by atoms with E-state index in [1.54, 1.807) is 19.1 Å². The van der Waals surface area contributed by atoms with Gasteiger partial charge in [-0.1, -0.05) is 28.1 Å². The molecule has 2 atom stereocenters. The molecule has 0 saturated heterocycles. The number of hydrogen-bond acceptors (Lipinski definition) is 4. The molecule has 2 N–H and O–H groups in total. The Hall–Kier alpha value is -0.910. The van der Waals surface area contributed by atoms with E-state index in [2.05, 4.69) is 20.7 Å². The number of rotatable bonds is 4. The fraction of sp³-hybridized carbons (Fsp3) is 0.417. The lowest BCUT2D eigenvalue weighted by atomic mass is 9.99. The predicted octanol–water partition coefficient (Wildman–Crippen LogP) is 1.57. The maximum Gasteiger partial charge on any atom is 0.338 e. The first kappa shape index (κ1) is 14.2. The molecule has 0 aliphatic heterocycles. The fourth-order valence-electron chi connectivity index (χ4n) is 1.46. The van der Waals surface area contributed by atoms with Gasteiger partial charge in [-0.15, -0.1) is 0 Å². The van der Waals surface area contributed by atoms with Gasteiger partial charge in [-0.25, -0.2) is 4.79 Å². The number of halogens is 1. The number of esters is 1. The van der Waals surface area contributed by atoms with Crippen molar-refractivity contribution in [1.82, 2.24) is 0 Å². The number of hydrogen-bond donors (Lipinski definition) is 2. The lowest BCUT2D eigenvalue weighted by Gasteiger charge is -2.17. The molecule has 0 radical (unpaired) electrons. The van der Waals surface area contributed by atoms with Gasteiger partial charge in [0.2, 0.25) is 0 Å². The number of aliphatic hydroxyl groups is 2. The van der Waals surface area contributed by atoms with Crippen LogP contribution in [0.1, 0.15) is 27.6 Å². The first-order chi connectivity index (χ1) is 8.01. The standard InChI is InChI=1S/C12H15BrO4/c1-7-3-4-8(11(15)10(14)6-13)5-9(7)12(16)17-2/h3-5,10-11,14-15H,6H2,1-2H3. The highest BCUT2D eigenvalue weighted by Gasteiger charge is 2.19. The van der Waals surface area contributed by atoms with E-state index in [-0.39, 0.29) is 5.33 Å². The Bertz CT molecular complexity index is 405. The van der Waals surface area contributed by atoms with E-state index in [0.717, 1.165) is 5.56 Å². The molecule has 5 heteroatoms. The summed E-state index contributed by atoms with van der Waals surface area (Å²) in [5, 5.41) is 19.6. The maximum atomic E-state index is 11.5. The topological polar surface area (TPSA) is 66.8 Å². The van der Waals surface area contributed by atoms with Gasteiger partial charge in [0.15, 0.2) is 0 Å². The van der Waals surface area contributed by atoms with Gasteiger partial charge in [0, 0.05) is 5.33 Å². The van der Waals surface area contributed by atoms with E-state index in [0.29, 0.717) is 11.1 Å². The van der Waals surface area contributed by atoms with Crippen LogP contribution in [0.15, 0.2) is 18.2 Å². The highest BCUT2D eigenvalue weighted by molar-refractivity contribution is 9.09. The molecule has 0 fully saturated rings. The van der Waals surface area contributed by atoms with E-state index in [9.17, 15) is 15.0 Å². The van der Waals surface area contributed by atoms with E-state index in [1.165, 1.54) is 13.2 Å². The molecule has 1 aromatic rings. The van der Waals surface area contributed by atoms with Crippen molar-refractivity contribution in [3.8, 4) is 0 Å². The van der Waals surface area contributed by atoms with Crippen LogP contribution in [0.3, 0.4) is 0 Å². The molecule has 1 aromatic carbocycles. The van der Waals surface area contributed by atoms with Gasteiger partial charge in [-0.2, -0.15) is 0 Å². The molecule has 0 spiro atoms. The summed E-state index contributed by atoms with van der Waals surface area (Å²) >= 11 is 3.09. The van der Waals surface area contributed by atoms with Gasteiger partial charge in [0.05, 0.1) is 18.8 Å². The number of alkyl halides is 1. The molecule has 2 unspecified atom stereocenters. The summed E-state index contributed by atoms with van der Waals surface area (Å²) in [6.07, 6.45) is -1.94. The summed E-state index contributed by atoms with van der Waals surface area (Å²) in [4.78, 5) is 11.5. The Morgan fingerprint density at radius 1 is 1.47 bits per heavy atom. The number of ether oxygens (including phenoxy) is 1. The van der Waals surface area contributed by atoms with Crippen molar-refractivity contribution in [1.29, 1.82) is 0 Å². The highest BCUT2D eigenvalue weighted by atomic mass is 79.9. The lowest BCUT2D eigenvalue weighted by Crippen LogP contribution is -2.20. The Balaban J connectivity index is 3.08. The molecule has 0 aliphatic rings. The summed E-state index contributed by atoms with van der Waals surface area (Å²) < 4.78 is 4.65. The minimum Gasteiger partial charge on any atom is -0.465 e. The number of aliphatic hydroxyl groups excluding tert-OH is 2. The minimum atomic E-state index is -1.03. The van der Waals surface area contributed by atoms with Crippen molar-refractivity contribution in [2.75, 3.05) is 12.4 Å². The van der Waals surface area contributed by atoms with Crippen molar-refractivity contribution >= 4 is 21.9 Å². The summed E-state index contributed by atoms with van der Waals surface area (Å²) in [7, 11) is 1.30. The van der Waals surface area contributed by atoms with Crippen molar-refractivity contribution in [2.24, 2.45) is 0 Å². The number of carbonyl (C=O) groups excluding carboxylic acids is 1. The second-order valence-electron chi connectivity index (χ2n) is 3.73. The summed E-state index contributed by atoms with van der Waals surface area (Å²) in [5.41, 5.74) is 1.65. The average molecular weight is 303 g/mol. The number of aryl methyl sites for hydroxylation is 1. The van der Waals surface area contributed by atoms with Crippen LogP contribution in [0.4, 0.5) is 0 Å². The molecular formula is C12H15BrO4. The van der Waals surface area contributed by atoms with Crippen molar-refractivity contribution < 1.29 is 19.7 Å². The normalized spacial score (nSPS) is 14.2. The second-order valence-corrected chi connectivity index (χ2v) is 4.38. The van der Waals surface area contributed by atoms with Crippen LogP contribution in [-0.2, 0) is 4.74 Å². The molecule has 0 saturated carbocycles. The molecule has 94 valence electrons. The van der Waals surface area contributed by atoms with Crippen LogP contribution in [-0.4, -0.2) is 34.7 Å². The molecule has 4 nitrogen and oxygen atoms in total. The lowest BCUT2D eigenvalue weighted by molar-refractivity contribution is 0.0341. The van der Waals surface area contributed by atoms with Crippen LogP contribution in [0.5, 0.6) is 0 Å². The van der Waals surface area contributed by atoms with E-state index < -0.39 is 18.2 Å². The summed E-state index contributed by atoms with van der Waals surface area (Å²) in [5.74, 6) is -0.454. The minimum absolute atomic E-state index is 0.260. The first-order valence-electron chi connectivity index (χ1n) is 5.12. The Labute approximate surface area is 108 Å². The van der Waals surface area contributed by atoms with Crippen molar-refractivity contribution in [3.05, 3.63) is 34.9 Å². The quantitative estimate of drug-likeness (QED) is 0.654. The van der Waals surface area contributed by atoms with Crippen LogP contribution >= 0.6 is 15.9 Å². The smallest absolute Gasteiger partial charge is 0.338 e. The van der Waals surface area contributed by atoms with Gasteiger partial charge < -0.3 is 14.9 Å². The maximum absolute atomic E-state index is 11.5. The number of carbonyl (C=O) groups is 1. The first-order valence-corrected chi connectivity index (χ1v) is 6.24. The summed E-state index contributed by atoms with van der Waals surface area (Å²) in [6.45, 7) is 1.78.